The lowest BCUT2D eigenvalue weighted by molar-refractivity contribution is -0.0229. The Bertz CT molecular complexity index is 218. The smallest absolute Gasteiger partial charge is 0.184 e. The van der Waals surface area contributed by atoms with E-state index in [2.05, 4.69) is 18.2 Å². The summed E-state index contributed by atoms with van der Waals surface area (Å²) in [5, 5.41) is 0. The van der Waals surface area contributed by atoms with Crippen molar-refractivity contribution < 1.29 is 9.47 Å². The van der Waals surface area contributed by atoms with Crippen molar-refractivity contribution in [2.75, 3.05) is 6.61 Å². The number of hydrogen-bond acceptors (Lipinski definition) is 2. The summed E-state index contributed by atoms with van der Waals surface area (Å²) in [5.74, 6) is 0. The SMILES string of the molecule is C.CC1COC(C2=CCCC=C2)O1. The number of allylic oxidation sites excluding steroid dienone is 2. The van der Waals surface area contributed by atoms with Crippen molar-refractivity contribution >= 4 is 0 Å². The lowest BCUT2D eigenvalue weighted by Gasteiger charge is -2.13. The van der Waals surface area contributed by atoms with Gasteiger partial charge in [-0.2, -0.15) is 0 Å². The Balaban J connectivity index is 0.000000845. The van der Waals surface area contributed by atoms with Crippen molar-refractivity contribution in [3.63, 3.8) is 0 Å². The molecule has 0 radical (unpaired) electrons. The van der Waals surface area contributed by atoms with Crippen LogP contribution in [0.25, 0.3) is 0 Å². The standard InChI is InChI=1S/C10H14O2.CH4/c1-8-7-11-10(12-8)9-5-3-2-4-6-9;/h3,5-6,8,10H,2,4,7H2,1H3;1H4. The van der Waals surface area contributed by atoms with E-state index >= 15 is 0 Å². The molecule has 0 N–H and O–H groups in total. The summed E-state index contributed by atoms with van der Waals surface area (Å²) in [6.45, 7) is 2.75. The second-order valence-corrected chi connectivity index (χ2v) is 3.30. The van der Waals surface area contributed by atoms with Gasteiger partial charge < -0.3 is 9.47 Å². The quantitative estimate of drug-likeness (QED) is 0.620. The molecule has 1 saturated heterocycles. The van der Waals surface area contributed by atoms with Crippen LogP contribution >= 0.6 is 0 Å². The summed E-state index contributed by atoms with van der Waals surface area (Å²) >= 11 is 0. The third-order valence-corrected chi connectivity index (χ3v) is 2.13. The zero-order valence-corrected chi connectivity index (χ0v) is 7.32. The van der Waals surface area contributed by atoms with Gasteiger partial charge in [-0.15, -0.1) is 0 Å². The van der Waals surface area contributed by atoms with Crippen LogP contribution < -0.4 is 0 Å². The van der Waals surface area contributed by atoms with Gasteiger partial charge in [0, 0.05) is 5.57 Å². The van der Waals surface area contributed by atoms with Crippen LogP contribution in [0.2, 0.25) is 0 Å². The third kappa shape index (κ3) is 2.42. The van der Waals surface area contributed by atoms with Gasteiger partial charge in [0.1, 0.15) is 0 Å². The molecule has 2 nitrogen and oxygen atoms in total. The van der Waals surface area contributed by atoms with Crippen LogP contribution in [0.15, 0.2) is 23.8 Å². The van der Waals surface area contributed by atoms with E-state index in [1.165, 1.54) is 5.57 Å². The molecule has 1 heterocycles. The summed E-state index contributed by atoms with van der Waals surface area (Å²) in [6, 6.07) is 0. The zero-order valence-electron chi connectivity index (χ0n) is 7.32. The number of ether oxygens (including phenoxy) is 2. The fourth-order valence-corrected chi connectivity index (χ4v) is 1.50. The largest absolute Gasteiger partial charge is 0.346 e. The first-order chi connectivity index (χ1) is 5.86. The molecule has 0 saturated carbocycles. The van der Waals surface area contributed by atoms with Crippen molar-refractivity contribution in [1.29, 1.82) is 0 Å². The molecule has 0 aromatic heterocycles. The first kappa shape index (κ1) is 10.5. The van der Waals surface area contributed by atoms with Crippen LogP contribution in [-0.4, -0.2) is 19.0 Å². The van der Waals surface area contributed by atoms with Crippen molar-refractivity contribution in [3.8, 4) is 0 Å². The molecule has 2 heteroatoms. The first-order valence-corrected chi connectivity index (χ1v) is 4.50. The van der Waals surface area contributed by atoms with Gasteiger partial charge >= 0.3 is 0 Å². The highest BCUT2D eigenvalue weighted by Crippen LogP contribution is 2.22. The van der Waals surface area contributed by atoms with E-state index in [4.69, 9.17) is 9.47 Å². The van der Waals surface area contributed by atoms with Crippen LogP contribution in [0.5, 0.6) is 0 Å². The van der Waals surface area contributed by atoms with Crippen molar-refractivity contribution in [2.24, 2.45) is 0 Å². The van der Waals surface area contributed by atoms with Gasteiger partial charge in [0.25, 0.3) is 0 Å². The zero-order chi connectivity index (χ0) is 8.39. The summed E-state index contributed by atoms with van der Waals surface area (Å²) in [5.41, 5.74) is 1.19. The Morgan fingerprint density at radius 3 is 2.77 bits per heavy atom. The maximum absolute atomic E-state index is 5.56. The van der Waals surface area contributed by atoms with E-state index in [-0.39, 0.29) is 19.8 Å². The Labute approximate surface area is 80.2 Å². The summed E-state index contributed by atoms with van der Waals surface area (Å²) in [4.78, 5) is 0. The molecule has 13 heavy (non-hydrogen) atoms. The normalized spacial score (nSPS) is 32.5. The van der Waals surface area contributed by atoms with E-state index in [9.17, 15) is 0 Å². The molecule has 74 valence electrons. The van der Waals surface area contributed by atoms with Gasteiger partial charge in [0.2, 0.25) is 0 Å². The molecular weight excluding hydrogens is 164 g/mol. The lowest BCUT2D eigenvalue weighted by atomic mass is 10.1. The van der Waals surface area contributed by atoms with Gasteiger partial charge in [-0.25, -0.2) is 0 Å². The van der Waals surface area contributed by atoms with Crippen LogP contribution in [0.4, 0.5) is 0 Å². The van der Waals surface area contributed by atoms with E-state index < -0.39 is 0 Å². The highest BCUT2D eigenvalue weighted by molar-refractivity contribution is 5.24. The molecule has 1 aliphatic carbocycles. The molecule has 2 atom stereocenters. The predicted molar refractivity (Wildman–Crippen MR) is 53.5 cm³/mol. The molecule has 0 aromatic rings. The minimum atomic E-state index is -0.100. The molecule has 2 aliphatic rings. The minimum absolute atomic E-state index is 0. The Morgan fingerprint density at radius 1 is 1.38 bits per heavy atom. The topological polar surface area (TPSA) is 18.5 Å². The predicted octanol–water partition coefficient (Wildman–Crippen LogP) is 2.66. The van der Waals surface area contributed by atoms with Crippen LogP contribution in [0.1, 0.15) is 27.2 Å². The van der Waals surface area contributed by atoms with E-state index in [0.717, 1.165) is 19.4 Å². The Hall–Kier alpha value is -0.600. The molecule has 2 rings (SSSR count). The lowest BCUT2D eigenvalue weighted by Crippen LogP contribution is -2.12. The second-order valence-electron chi connectivity index (χ2n) is 3.30. The molecule has 0 aromatic carbocycles. The number of hydrogen-bond donors (Lipinski definition) is 0. The van der Waals surface area contributed by atoms with E-state index in [1.54, 1.807) is 0 Å². The first-order valence-electron chi connectivity index (χ1n) is 4.50. The molecule has 1 fully saturated rings. The maximum Gasteiger partial charge on any atom is 0.184 e. The summed E-state index contributed by atoms with van der Waals surface area (Å²) in [7, 11) is 0. The van der Waals surface area contributed by atoms with Crippen molar-refractivity contribution in [2.45, 2.75) is 39.6 Å². The molecular formula is C11H18O2. The third-order valence-electron chi connectivity index (χ3n) is 2.13. The van der Waals surface area contributed by atoms with Crippen LogP contribution in [-0.2, 0) is 9.47 Å². The fourth-order valence-electron chi connectivity index (χ4n) is 1.50. The molecule has 0 amide bonds. The van der Waals surface area contributed by atoms with E-state index in [0.29, 0.717) is 0 Å². The molecule has 0 spiro atoms. The van der Waals surface area contributed by atoms with Gasteiger partial charge in [-0.3, -0.25) is 0 Å². The number of rotatable bonds is 1. The Kier molecular flexibility index (Phi) is 3.70. The molecule has 1 aliphatic heterocycles. The van der Waals surface area contributed by atoms with E-state index in [1.807, 2.05) is 6.92 Å². The van der Waals surface area contributed by atoms with Gasteiger partial charge in [-0.05, 0) is 19.8 Å². The summed E-state index contributed by atoms with van der Waals surface area (Å²) in [6.07, 6.45) is 8.87. The average molecular weight is 182 g/mol. The fraction of sp³-hybridized carbons (Fsp3) is 0.636. The van der Waals surface area contributed by atoms with Crippen molar-refractivity contribution in [1.82, 2.24) is 0 Å². The van der Waals surface area contributed by atoms with Crippen LogP contribution in [0, 0.1) is 0 Å². The monoisotopic (exact) mass is 182 g/mol. The average Bonchev–Trinajstić information content (AvgIpc) is 2.54. The highest BCUT2D eigenvalue weighted by Gasteiger charge is 2.24. The molecule has 0 bridgehead atoms. The van der Waals surface area contributed by atoms with Gasteiger partial charge in [0.05, 0.1) is 12.7 Å². The van der Waals surface area contributed by atoms with Gasteiger partial charge in [-0.1, -0.05) is 25.7 Å². The van der Waals surface area contributed by atoms with Crippen molar-refractivity contribution in [3.05, 3.63) is 23.8 Å². The van der Waals surface area contributed by atoms with Crippen LogP contribution in [0.3, 0.4) is 0 Å². The van der Waals surface area contributed by atoms with Gasteiger partial charge in [0.15, 0.2) is 6.29 Å². The summed E-state index contributed by atoms with van der Waals surface area (Å²) < 4.78 is 11.0. The second kappa shape index (κ2) is 4.58. The maximum atomic E-state index is 5.56. The molecule has 2 unspecified atom stereocenters. The Morgan fingerprint density at radius 2 is 2.23 bits per heavy atom. The highest BCUT2D eigenvalue weighted by atomic mass is 16.7. The minimum Gasteiger partial charge on any atom is -0.346 e.